The summed E-state index contributed by atoms with van der Waals surface area (Å²) in [6.45, 7) is 4.10. The second kappa shape index (κ2) is 5.95. The van der Waals surface area contributed by atoms with Crippen LogP contribution in [-0.4, -0.2) is 32.4 Å². The van der Waals surface area contributed by atoms with Gasteiger partial charge in [0.15, 0.2) is 0 Å². The Labute approximate surface area is 129 Å². The zero-order valence-corrected chi connectivity index (χ0v) is 12.8. The van der Waals surface area contributed by atoms with Gasteiger partial charge in [0, 0.05) is 12.6 Å². The van der Waals surface area contributed by atoms with Crippen molar-refractivity contribution in [1.29, 1.82) is 0 Å². The summed E-state index contributed by atoms with van der Waals surface area (Å²) in [5.74, 6) is 6.90. The van der Waals surface area contributed by atoms with E-state index in [0.29, 0.717) is 5.82 Å². The number of anilines is 1. The van der Waals surface area contributed by atoms with Crippen LogP contribution in [0.5, 0.6) is 0 Å². The summed E-state index contributed by atoms with van der Waals surface area (Å²) in [6, 6.07) is 0. The number of aliphatic hydroxyl groups is 1. The van der Waals surface area contributed by atoms with Gasteiger partial charge in [-0.05, 0) is 12.3 Å². The van der Waals surface area contributed by atoms with Gasteiger partial charge in [0.2, 0.25) is 0 Å². The molecule has 0 unspecified atom stereocenters. The van der Waals surface area contributed by atoms with Gasteiger partial charge in [0.25, 0.3) is 0 Å². The van der Waals surface area contributed by atoms with E-state index in [1.807, 2.05) is 17.7 Å². The average Bonchev–Trinajstić information content (AvgIpc) is 3.06. The maximum absolute atomic E-state index is 9.38. The summed E-state index contributed by atoms with van der Waals surface area (Å²) in [5, 5.41) is 10.1. The summed E-state index contributed by atoms with van der Waals surface area (Å²) in [6.07, 6.45) is 4.65. The third kappa shape index (κ3) is 2.43. The number of hydrogen-bond acceptors (Lipinski definition) is 5. The molecule has 2 aromatic rings. The van der Waals surface area contributed by atoms with Gasteiger partial charge >= 0.3 is 0 Å². The molecule has 1 fully saturated rings. The summed E-state index contributed by atoms with van der Waals surface area (Å²) in [4.78, 5) is 8.42. The molecular formula is C16H20N4O2. The first-order valence-corrected chi connectivity index (χ1v) is 7.51. The van der Waals surface area contributed by atoms with E-state index in [4.69, 9.17) is 10.5 Å². The number of fused-ring (bicyclic) bond motifs is 1. The Bertz CT molecular complexity index is 744. The average molecular weight is 300 g/mol. The molecule has 3 heterocycles. The quantitative estimate of drug-likeness (QED) is 0.824. The molecule has 0 saturated carbocycles. The van der Waals surface area contributed by atoms with Crippen molar-refractivity contribution < 1.29 is 9.84 Å². The second-order valence-electron chi connectivity index (χ2n) is 5.59. The molecule has 3 atom stereocenters. The van der Waals surface area contributed by atoms with Crippen LogP contribution in [0.2, 0.25) is 0 Å². The van der Waals surface area contributed by atoms with Crippen molar-refractivity contribution in [2.45, 2.75) is 39.0 Å². The minimum Gasteiger partial charge on any atom is -0.394 e. The van der Waals surface area contributed by atoms with Gasteiger partial charge < -0.3 is 20.1 Å². The van der Waals surface area contributed by atoms with E-state index in [0.717, 1.165) is 29.4 Å². The van der Waals surface area contributed by atoms with Crippen LogP contribution in [0.15, 0.2) is 12.5 Å². The Morgan fingerprint density at radius 3 is 3.00 bits per heavy atom. The molecule has 1 aliphatic heterocycles. The fourth-order valence-electron chi connectivity index (χ4n) is 2.87. The van der Waals surface area contributed by atoms with E-state index in [9.17, 15) is 5.11 Å². The van der Waals surface area contributed by atoms with Crippen LogP contribution in [0.25, 0.3) is 11.0 Å². The Hall–Kier alpha value is -2.10. The van der Waals surface area contributed by atoms with E-state index in [1.54, 1.807) is 0 Å². The lowest BCUT2D eigenvalue weighted by molar-refractivity contribution is -0.0275. The summed E-state index contributed by atoms with van der Waals surface area (Å²) >= 11 is 0. The lowest BCUT2D eigenvalue weighted by Crippen LogP contribution is -2.18. The molecule has 2 aromatic heterocycles. The molecule has 0 aliphatic carbocycles. The van der Waals surface area contributed by atoms with Gasteiger partial charge in [-0.1, -0.05) is 25.7 Å². The Morgan fingerprint density at radius 2 is 2.32 bits per heavy atom. The monoisotopic (exact) mass is 300 g/mol. The number of aromatic nitrogens is 3. The maximum atomic E-state index is 9.38. The normalized spacial score (nSPS) is 24.4. The van der Waals surface area contributed by atoms with Crippen LogP contribution in [0.3, 0.4) is 0 Å². The van der Waals surface area contributed by atoms with Crippen LogP contribution in [0.1, 0.15) is 38.5 Å². The Kier molecular flexibility index (Phi) is 4.01. The first-order valence-electron chi connectivity index (χ1n) is 7.51. The highest BCUT2D eigenvalue weighted by molar-refractivity contribution is 5.92. The molecule has 0 amide bonds. The molecule has 0 aromatic carbocycles. The summed E-state index contributed by atoms with van der Waals surface area (Å²) < 4.78 is 7.90. The predicted molar refractivity (Wildman–Crippen MR) is 83.9 cm³/mol. The van der Waals surface area contributed by atoms with Crippen molar-refractivity contribution in [1.82, 2.24) is 14.5 Å². The van der Waals surface area contributed by atoms with E-state index >= 15 is 0 Å². The molecule has 0 bridgehead atoms. The highest BCUT2D eigenvalue weighted by Gasteiger charge is 2.34. The van der Waals surface area contributed by atoms with E-state index < -0.39 is 0 Å². The van der Waals surface area contributed by atoms with Gasteiger partial charge in [0.1, 0.15) is 24.0 Å². The van der Waals surface area contributed by atoms with Gasteiger partial charge in [-0.25, -0.2) is 9.97 Å². The van der Waals surface area contributed by atoms with Crippen LogP contribution in [0.4, 0.5) is 5.82 Å². The number of rotatable bonds is 2. The fraction of sp³-hybridized carbons (Fsp3) is 0.500. The van der Waals surface area contributed by atoms with Crippen molar-refractivity contribution >= 4 is 16.9 Å². The highest BCUT2D eigenvalue weighted by atomic mass is 16.5. The molecule has 1 aliphatic rings. The molecule has 6 heteroatoms. The van der Waals surface area contributed by atoms with E-state index in [-0.39, 0.29) is 24.9 Å². The molecule has 3 rings (SSSR count). The lowest BCUT2D eigenvalue weighted by Gasteiger charge is -2.14. The molecule has 0 radical (unpaired) electrons. The van der Waals surface area contributed by atoms with Crippen LogP contribution >= 0.6 is 0 Å². The number of nitrogen functional groups attached to an aromatic ring is 1. The Balaban J connectivity index is 2.09. The molecular weight excluding hydrogens is 280 g/mol. The highest BCUT2D eigenvalue weighted by Crippen LogP contribution is 2.36. The zero-order chi connectivity index (χ0) is 15.7. The van der Waals surface area contributed by atoms with Crippen LogP contribution < -0.4 is 5.73 Å². The van der Waals surface area contributed by atoms with Gasteiger partial charge in [-0.2, -0.15) is 0 Å². The molecule has 0 spiro atoms. The van der Waals surface area contributed by atoms with Crippen molar-refractivity contribution in [3.63, 3.8) is 0 Å². The topological polar surface area (TPSA) is 86.2 Å². The third-order valence-corrected chi connectivity index (χ3v) is 4.07. The van der Waals surface area contributed by atoms with Gasteiger partial charge in [-0.3, -0.25) is 0 Å². The zero-order valence-electron chi connectivity index (χ0n) is 12.8. The van der Waals surface area contributed by atoms with Gasteiger partial charge in [-0.15, -0.1) is 0 Å². The SMILES string of the molecule is CCC#Cc1cn([C@H]2C[C@@H](C)[C@@H](CO)O2)c2ncnc(N)c12. The molecule has 22 heavy (non-hydrogen) atoms. The van der Waals surface area contributed by atoms with E-state index in [2.05, 4.69) is 28.7 Å². The predicted octanol–water partition coefficient (Wildman–Crippen LogP) is 1.69. The van der Waals surface area contributed by atoms with Crippen LogP contribution in [-0.2, 0) is 4.74 Å². The lowest BCUT2D eigenvalue weighted by atomic mass is 10.0. The number of aliphatic hydroxyl groups excluding tert-OH is 1. The number of hydrogen-bond donors (Lipinski definition) is 2. The third-order valence-electron chi connectivity index (χ3n) is 4.07. The number of nitrogens with two attached hydrogens (primary N) is 1. The van der Waals surface area contributed by atoms with Crippen molar-refractivity contribution in [3.05, 3.63) is 18.1 Å². The molecule has 116 valence electrons. The Morgan fingerprint density at radius 1 is 1.50 bits per heavy atom. The molecule has 6 nitrogen and oxygen atoms in total. The fourth-order valence-corrected chi connectivity index (χ4v) is 2.87. The number of nitrogens with zero attached hydrogens (tertiary/aromatic N) is 3. The van der Waals surface area contributed by atoms with Crippen molar-refractivity contribution in [2.75, 3.05) is 12.3 Å². The summed E-state index contributed by atoms with van der Waals surface area (Å²) in [5.41, 5.74) is 7.55. The van der Waals surface area contributed by atoms with Gasteiger partial charge in [0.05, 0.1) is 23.7 Å². The largest absolute Gasteiger partial charge is 0.394 e. The minimum absolute atomic E-state index is 0.0243. The summed E-state index contributed by atoms with van der Waals surface area (Å²) in [7, 11) is 0. The smallest absolute Gasteiger partial charge is 0.148 e. The maximum Gasteiger partial charge on any atom is 0.148 e. The minimum atomic E-state index is -0.166. The first-order chi connectivity index (χ1) is 10.7. The standard InChI is InChI=1S/C16H20N4O2/c1-3-4-5-11-7-20(13-6-10(2)12(8-21)22-13)16-14(11)15(17)18-9-19-16/h7,9-10,12-13,21H,3,6,8H2,1-2H3,(H2,17,18,19)/t10-,12-,13-/m1/s1. The molecule has 3 N–H and O–H groups in total. The van der Waals surface area contributed by atoms with Crippen LogP contribution in [0, 0.1) is 17.8 Å². The second-order valence-corrected chi connectivity index (χ2v) is 5.59. The van der Waals surface area contributed by atoms with Crippen molar-refractivity contribution in [2.24, 2.45) is 5.92 Å². The van der Waals surface area contributed by atoms with E-state index in [1.165, 1.54) is 6.33 Å². The van der Waals surface area contributed by atoms with Crippen molar-refractivity contribution in [3.8, 4) is 11.8 Å². The number of ether oxygens (including phenoxy) is 1. The molecule has 1 saturated heterocycles. The first kappa shape index (κ1) is 14.8.